The summed E-state index contributed by atoms with van der Waals surface area (Å²) in [7, 11) is 0. The molecule has 5 N–H and O–H groups in total. The zero-order valence-electron chi connectivity index (χ0n) is 14.2. The first-order valence-corrected chi connectivity index (χ1v) is 8.57. The molecular formula is C17H16FN9. The number of nitrogen functional groups attached to an aromatic ring is 1. The van der Waals surface area contributed by atoms with Gasteiger partial charge in [0.05, 0.1) is 23.6 Å². The Morgan fingerprint density at radius 2 is 2.15 bits per heavy atom. The van der Waals surface area contributed by atoms with Crippen LogP contribution in [-0.4, -0.2) is 35.1 Å². The van der Waals surface area contributed by atoms with Crippen LogP contribution >= 0.6 is 0 Å². The molecule has 1 saturated carbocycles. The Morgan fingerprint density at radius 1 is 1.26 bits per heavy atom. The smallest absolute Gasteiger partial charge is 0.225 e. The van der Waals surface area contributed by atoms with Gasteiger partial charge in [-0.05, 0) is 18.9 Å². The zero-order valence-corrected chi connectivity index (χ0v) is 14.2. The quantitative estimate of drug-likeness (QED) is 0.426. The SMILES string of the molecule is Nc1nc(NCc2cncc3[nH]cnc23)nc(-c2cc(C3CC3)[nH]n2)c1F. The van der Waals surface area contributed by atoms with Crippen molar-refractivity contribution in [2.24, 2.45) is 0 Å². The Hall–Kier alpha value is -3.56. The third-order valence-corrected chi connectivity index (χ3v) is 4.58. The fourth-order valence-corrected chi connectivity index (χ4v) is 3.00. The van der Waals surface area contributed by atoms with Gasteiger partial charge in [0.15, 0.2) is 11.6 Å². The molecule has 0 amide bonds. The van der Waals surface area contributed by atoms with Crippen molar-refractivity contribution in [1.82, 2.24) is 35.1 Å². The van der Waals surface area contributed by atoms with Gasteiger partial charge in [-0.1, -0.05) is 0 Å². The van der Waals surface area contributed by atoms with Crippen molar-refractivity contribution in [2.75, 3.05) is 11.1 Å². The fourth-order valence-electron chi connectivity index (χ4n) is 3.00. The Balaban J connectivity index is 1.44. The number of nitrogens with two attached hydrogens (primary N) is 1. The number of aromatic nitrogens is 7. The zero-order chi connectivity index (χ0) is 18.4. The molecule has 0 atom stereocenters. The second-order valence-corrected chi connectivity index (χ2v) is 6.53. The summed E-state index contributed by atoms with van der Waals surface area (Å²) in [5.74, 6) is -0.208. The monoisotopic (exact) mass is 365 g/mol. The van der Waals surface area contributed by atoms with Gasteiger partial charge >= 0.3 is 0 Å². The molecule has 0 aromatic carbocycles. The van der Waals surface area contributed by atoms with Crippen LogP contribution in [0.2, 0.25) is 0 Å². The molecule has 1 aliphatic carbocycles. The number of imidazole rings is 1. The maximum atomic E-state index is 14.5. The number of H-pyrrole nitrogens is 2. The Bertz CT molecular complexity index is 1130. The lowest BCUT2D eigenvalue weighted by molar-refractivity contribution is 0.623. The van der Waals surface area contributed by atoms with Gasteiger partial charge in [-0.15, -0.1) is 0 Å². The summed E-state index contributed by atoms with van der Waals surface area (Å²) in [6.45, 7) is 0.369. The maximum absolute atomic E-state index is 14.5. The minimum Gasteiger partial charge on any atom is -0.381 e. The lowest BCUT2D eigenvalue weighted by Gasteiger charge is -2.08. The van der Waals surface area contributed by atoms with E-state index < -0.39 is 5.82 Å². The third-order valence-electron chi connectivity index (χ3n) is 4.58. The topological polar surface area (TPSA) is 134 Å². The summed E-state index contributed by atoms with van der Waals surface area (Å²) >= 11 is 0. The van der Waals surface area contributed by atoms with E-state index in [9.17, 15) is 4.39 Å². The van der Waals surface area contributed by atoms with E-state index in [1.54, 1.807) is 18.7 Å². The van der Waals surface area contributed by atoms with Crippen molar-refractivity contribution in [3.05, 3.63) is 41.9 Å². The van der Waals surface area contributed by atoms with Crippen LogP contribution in [0.4, 0.5) is 16.2 Å². The van der Waals surface area contributed by atoms with E-state index in [1.165, 1.54) is 0 Å². The molecule has 0 bridgehead atoms. The van der Waals surface area contributed by atoms with Crippen molar-refractivity contribution in [3.8, 4) is 11.4 Å². The van der Waals surface area contributed by atoms with Crippen LogP contribution in [0, 0.1) is 5.82 Å². The number of nitrogens with one attached hydrogen (secondary N) is 3. The molecule has 0 spiro atoms. The van der Waals surface area contributed by atoms with E-state index in [1.807, 2.05) is 6.07 Å². The lowest BCUT2D eigenvalue weighted by Crippen LogP contribution is -2.09. The minimum absolute atomic E-state index is 0.0734. The summed E-state index contributed by atoms with van der Waals surface area (Å²) in [6, 6.07) is 1.82. The highest BCUT2D eigenvalue weighted by atomic mass is 19.1. The van der Waals surface area contributed by atoms with Crippen LogP contribution in [0.5, 0.6) is 0 Å². The van der Waals surface area contributed by atoms with Gasteiger partial charge in [0, 0.05) is 29.9 Å². The van der Waals surface area contributed by atoms with Crippen molar-refractivity contribution in [2.45, 2.75) is 25.3 Å². The van der Waals surface area contributed by atoms with Crippen LogP contribution < -0.4 is 11.1 Å². The van der Waals surface area contributed by atoms with Crippen LogP contribution in [0.1, 0.15) is 30.0 Å². The molecule has 0 saturated heterocycles. The molecule has 4 heterocycles. The molecule has 0 aliphatic heterocycles. The second-order valence-electron chi connectivity index (χ2n) is 6.53. The van der Waals surface area contributed by atoms with Gasteiger partial charge in [-0.25, -0.2) is 14.4 Å². The number of hydrogen-bond donors (Lipinski definition) is 4. The van der Waals surface area contributed by atoms with Crippen LogP contribution in [0.3, 0.4) is 0 Å². The number of nitrogens with zero attached hydrogens (tertiary/aromatic N) is 5. The predicted molar refractivity (Wildman–Crippen MR) is 97.2 cm³/mol. The summed E-state index contributed by atoms with van der Waals surface area (Å²) in [5, 5.41) is 10.2. The van der Waals surface area contributed by atoms with E-state index in [0.717, 1.165) is 35.1 Å². The molecule has 1 fully saturated rings. The molecule has 4 aromatic rings. The molecular weight excluding hydrogens is 349 g/mol. The van der Waals surface area contributed by atoms with E-state index >= 15 is 0 Å². The number of halogens is 1. The fraction of sp³-hybridized carbons (Fsp3) is 0.235. The molecule has 0 unspecified atom stereocenters. The standard InChI is InChI=1S/C17H16FN9/c18-13-15(11-3-10(26-27-11)8-1-2-8)24-17(25-16(13)19)21-5-9-4-20-6-12-14(9)23-7-22-12/h3-4,6-8H,1-2,5H2,(H,22,23)(H,26,27)(H3,19,21,24,25). The molecule has 27 heavy (non-hydrogen) atoms. The highest BCUT2D eigenvalue weighted by molar-refractivity contribution is 5.77. The molecule has 1 aliphatic rings. The number of anilines is 2. The van der Waals surface area contributed by atoms with Gasteiger partial charge in [0.2, 0.25) is 5.95 Å². The average molecular weight is 365 g/mol. The molecule has 4 aromatic heterocycles. The summed E-state index contributed by atoms with van der Waals surface area (Å²) in [6.07, 6.45) is 7.26. The van der Waals surface area contributed by atoms with Gasteiger partial charge in [-0.3, -0.25) is 10.1 Å². The number of aromatic amines is 2. The Labute approximate surface area is 152 Å². The highest BCUT2D eigenvalue weighted by Crippen LogP contribution is 2.40. The molecule has 9 nitrogen and oxygen atoms in total. The van der Waals surface area contributed by atoms with Gasteiger partial charge in [0.1, 0.15) is 11.4 Å². The molecule has 0 radical (unpaired) electrons. The number of fused-ring (bicyclic) bond motifs is 1. The van der Waals surface area contributed by atoms with Crippen molar-refractivity contribution in [3.63, 3.8) is 0 Å². The van der Waals surface area contributed by atoms with Crippen molar-refractivity contribution < 1.29 is 4.39 Å². The largest absolute Gasteiger partial charge is 0.381 e. The Kier molecular flexibility index (Phi) is 3.49. The second kappa shape index (κ2) is 6.01. The van der Waals surface area contributed by atoms with Crippen molar-refractivity contribution in [1.29, 1.82) is 0 Å². The first-order chi connectivity index (χ1) is 13.2. The van der Waals surface area contributed by atoms with Gasteiger partial charge < -0.3 is 16.0 Å². The first kappa shape index (κ1) is 15.7. The maximum Gasteiger partial charge on any atom is 0.225 e. The molecule has 10 heteroatoms. The molecule has 136 valence electrons. The predicted octanol–water partition coefficient (Wildman–Crippen LogP) is 2.35. The van der Waals surface area contributed by atoms with Crippen molar-refractivity contribution >= 4 is 22.8 Å². The van der Waals surface area contributed by atoms with E-state index in [-0.39, 0.29) is 17.5 Å². The van der Waals surface area contributed by atoms with Gasteiger partial charge in [0.25, 0.3) is 0 Å². The lowest BCUT2D eigenvalue weighted by atomic mass is 10.2. The number of rotatable bonds is 5. The summed E-state index contributed by atoms with van der Waals surface area (Å²) < 4.78 is 14.5. The summed E-state index contributed by atoms with van der Waals surface area (Å²) in [5.41, 5.74) is 9.72. The minimum atomic E-state index is -0.675. The highest BCUT2D eigenvalue weighted by Gasteiger charge is 2.27. The van der Waals surface area contributed by atoms with Gasteiger partial charge in [-0.2, -0.15) is 10.1 Å². The Morgan fingerprint density at radius 3 is 3.00 bits per heavy atom. The number of hydrogen-bond acceptors (Lipinski definition) is 7. The number of pyridine rings is 1. The van der Waals surface area contributed by atoms with Crippen LogP contribution in [0.15, 0.2) is 24.8 Å². The van der Waals surface area contributed by atoms with E-state index in [4.69, 9.17) is 5.73 Å². The average Bonchev–Trinajstić information content (AvgIpc) is 3.20. The normalized spacial score (nSPS) is 14.0. The van der Waals surface area contributed by atoms with Crippen LogP contribution in [0.25, 0.3) is 22.4 Å². The first-order valence-electron chi connectivity index (χ1n) is 8.57. The van der Waals surface area contributed by atoms with Crippen LogP contribution in [-0.2, 0) is 6.54 Å². The summed E-state index contributed by atoms with van der Waals surface area (Å²) in [4.78, 5) is 19.7. The van der Waals surface area contributed by atoms with E-state index in [2.05, 4.69) is 40.4 Å². The van der Waals surface area contributed by atoms with E-state index in [0.29, 0.717) is 18.2 Å². The molecule has 5 rings (SSSR count). The third kappa shape index (κ3) is 2.84.